The van der Waals surface area contributed by atoms with Crippen LogP contribution in [0.15, 0.2) is 11.6 Å². The summed E-state index contributed by atoms with van der Waals surface area (Å²) in [6.45, 7) is 14.5. The van der Waals surface area contributed by atoms with Gasteiger partial charge < -0.3 is 9.84 Å². The minimum atomic E-state index is -0.385. The van der Waals surface area contributed by atoms with Gasteiger partial charge in [-0.2, -0.15) is 0 Å². The van der Waals surface area contributed by atoms with Gasteiger partial charge in [-0.3, -0.25) is 4.79 Å². The molecule has 0 aliphatic heterocycles. The summed E-state index contributed by atoms with van der Waals surface area (Å²) in [6, 6.07) is 0. The number of rotatable bonds is 12. The Kier molecular flexibility index (Phi) is 10.1. The molecule has 3 fully saturated rings. The summed E-state index contributed by atoms with van der Waals surface area (Å²) in [5.41, 5.74) is 1.74. The fraction of sp³-hybridized carbons (Fsp3) is 0.914. The number of allylic oxidation sites excluding steroid dienone is 1. The van der Waals surface area contributed by atoms with Gasteiger partial charge >= 0.3 is 5.97 Å². The normalized spacial score (nSPS) is 39.2. The van der Waals surface area contributed by atoms with Crippen LogP contribution < -0.4 is 0 Å². The van der Waals surface area contributed by atoms with Gasteiger partial charge in [0.05, 0.1) is 6.10 Å². The summed E-state index contributed by atoms with van der Waals surface area (Å²) in [6.07, 6.45) is 20.2. The quantitative estimate of drug-likeness (QED) is 0.156. The van der Waals surface area contributed by atoms with Crippen LogP contribution in [-0.4, -0.2) is 23.3 Å². The molecule has 0 bridgehead atoms. The fourth-order valence-corrected chi connectivity index (χ4v) is 9.96. The number of unbranched alkanes of at least 4 members (excludes halogenated alkanes) is 4. The van der Waals surface area contributed by atoms with Crippen LogP contribution in [0.4, 0.5) is 0 Å². The van der Waals surface area contributed by atoms with E-state index in [0.29, 0.717) is 30.1 Å². The van der Waals surface area contributed by atoms with Crippen LogP contribution in [0.25, 0.3) is 0 Å². The molecule has 0 spiro atoms. The molecule has 3 nitrogen and oxygen atoms in total. The third-order valence-electron chi connectivity index (χ3n) is 12.1. The van der Waals surface area contributed by atoms with E-state index in [-0.39, 0.29) is 23.6 Å². The highest BCUT2D eigenvalue weighted by Gasteiger charge is 2.61. The molecule has 3 heteroatoms. The predicted octanol–water partition coefficient (Wildman–Crippen LogP) is 9.27. The van der Waals surface area contributed by atoms with Crippen LogP contribution in [0.2, 0.25) is 0 Å². The van der Waals surface area contributed by atoms with Crippen molar-refractivity contribution in [2.24, 2.45) is 46.3 Å². The van der Waals surface area contributed by atoms with Crippen LogP contribution in [0.1, 0.15) is 144 Å². The number of fused-ring (bicyclic) bond motifs is 5. The van der Waals surface area contributed by atoms with E-state index >= 15 is 0 Å². The van der Waals surface area contributed by atoms with Crippen LogP contribution in [0.3, 0.4) is 0 Å². The maximum absolute atomic E-state index is 13.0. The van der Waals surface area contributed by atoms with Crippen molar-refractivity contribution < 1.29 is 14.6 Å². The number of carbonyl (C=O) groups excluding carboxylic acids is 1. The van der Waals surface area contributed by atoms with E-state index in [2.05, 4.69) is 47.6 Å². The van der Waals surface area contributed by atoms with Crippen LogP contribution in [0, 0.1) is 46.3 Å². The van der Waals surface area contributed by atoms with Crippen molar-refractivity contribution in [3.8, 4) is 0 Å². The number of esters is 1. The number of aliphatic hydroxyl groups is 1. The van der Waals surface area contributed by atoms with Crippen molar-refractivity contribution >= 4 is 5.97 Å². The number of hydrogen-bond donors (Lipinski definition) is 1. The summed E-state index contributed by atoms with van der Waals surface area (Å²) in [5, 5.41) is 10.8. The largest absolute Gasteiger partial charge is 0.461 e. The van der Waals surface area contributed by atoms with Crippen LogP contribution >= 0.6 is 0 Å². The first-order valence-electron chi connectivity index (χ1n) is 16.7. The Hall–Kier alpha value is -0.830. The summed E-state index contributed by atoms with van der Waals surface area (Å²) in [4.78, 5) is 13.0. The Balaban J connectivity index is 1.46. The average Bonchev–Trinajstić information content (AvgIpc) is 3.22. The molecule has 0 amide bonds. The molecule has 0 saturated heterocycles. The predicted molar refractivity (Wildman–Crippen MR) is 158 cm³/mol. The van der Waals surface area contributed by atoms with Crippen molar-refractivity contribution in [2.45, 2.75) is 156 Å². The fourth-order valence-electron chi connectivity index (χ4n) is 9.96. The van der Waals surface area contributed by atoms with E-state index in [4.69, 9.17) is 4.74 Å². The Morgan fingerprint density at radius 2 is 1.79 bits per heavy atom. The van der Waals surface area contributed by atoms with Crippen LogP contribution in [0.5, 0.6) is 0 Å². The molecule has 218 valence electrons. The van der Waals surface area contributed by atoms with E-state index < -0.39 is 0 Å². The minimum absolute atomic E-state index is 0.0416. The van der Waals surface area contributed by atoms with Crippen molar-refractivity contribution in [2.75, 3.05) is 0 Å². The first-order valence-corrected chi connectivity index (χ1v) is 16.7. The van der Waals surface area contributed by atoms with Crippen molar-refractivity contribution in [3.05, 3.63) is 11.6 Å². The zero-order valence-corrected chi connectivity index (χ0v) is 25.8. The summed E-state index contributed by atoms with van der Waals surface area (Å²) in [7, 11) is 0. The highest BCUT2D eigenvalue weighted by atomic mass is 16.5. The topological polar surface area (TPSA) is 46.5 Å². The zero-order valence-electron chi connectivity index (χ0n) is 25.8. The smallest absolute Gasteiger partial charge is 0.306 e. The van der Waals surface area contributed by atoms with Gasteiger partial charge in [0, 0.05) is 18.3 Å². The molecule has 1 unspecified atom stereocenters. The first kappa shape index (κ1) is 30.1. The summed E-state index contributed by atoms with van der Waals surface area (Å²) >= 11 is 0. The molecule has 4 aliphatic rings. The second-order valence-electron chi connectivity index (χ2n) is 14.9. The second-order valence-corrected chi connectivity index (χ2v) is 14.9. The number of aliphatic hydroxyl groups excluding tert-OH is 1. The van der Waals surface area contributed by atoms with E-state index in [1.807, 2.05) is 0 Å². The molecule has 0 aromatic rings. The van der Waals surface area contributed by atoms with Gasteiger partial charge in [0.15, 0.2) is 0 Å². The molecule has 0 heterocycles. The lowest BCUT2D eigenvalue weighted by Gasteiger charge is -2.60. The van der Waals surface area contributed by atoms with Gasteiger partial charge in [-0.1, -0.05) is 98.1 Å². The molecule has 38 heavy (non-hydrogen) atoms. The lowest BCUT2D eigenvalue weighted by Crippen LogP contribution is -2.56. The van der Waals surface area contributed by atoms with Crippen molar-refractivity contribution in [1.29, 1.82) is 0 Å². The highest BCUT2D eigenvalue weighted by Crippen LogP contribution is 2.67. The zero-order chi connectivity index (χ0) is 27.5. The molecular formula is C35H60O3. The molecule has 3 saturated carbocycles. The first-order chi connectivity index (χ1) is 18.1. The Morgan fingerprint density at radius 3 is 2.53 bits per heavy atom. The molecule has 0 radical (unpaired) electrons. The van der Waals surface area contributed by atoms with E-state index in [0.717, 1.165) is 49.4 Å². The van der Waals surface area contributed by atoms with Gasteiger partial charge in [-0.25, -0.2) is 0 Å². The van der Waals surface area contributed by atoms with E-state index in [9.17, 15) is 9.90 Å². The molecule has 0 aromatic carbocycles. The van der Waals surface area contributed by atoms with Crippen molar-refractivity contribution in [1.82, 2.24) is 0 Å². The molecule has 9 atom stereocenters. The standard InChI is InChI=1S/C35H60O3/c1-7-8-9-10-11-15-33(37)38-32-23-27(36)22-26-16-17-28-30-19-18-29(25(4)14-12-13-24(2)3)34(30,5)21-20-31(28)35(26,32)6/h16,24-25,27-32,36H,7-15,17-23H2,1-6H3/t25-,27+,28+,29-,30+,31+,32?,34-,35+/m1/s1. The number of ether oxygens (including phenoxy) is 1. The molecule has 1 N–H and O–H groups in total. The Morgan fingerprint density at radius 1 is 1.03 bits per heavy atom. The van der Waals surface area contributed by atoms with E-state index in [1.54, 1.807) is 0 Å². The van der Waals surface area contributed by atoms with Gasteiger partial charge in [0.1, 0.15) is 6.10 Å². The van der Waals surface area contributed by atoms with Gasteiger partial charge in [0.25, 0.3) is 0 Å². The van der Waals surface area contributed by atoms with Gasteiger partial charge in [0.2, 0.25) is 0 Å². The molecule has 0 aromatic heterocycles. The highest BCUT2D eigenvalue weighted by molar-refractivity contribution is 5.69. The lowest BCUT2D eigenvalue weighted by atomic mass is 9.46. The second kappa shape index (κ2) is 12.8. The lowest BCUT2D eigenvalue weighted by molar-refractivity contribution is -0.169. The minimum Gasteiger partial charge on any atom is -0.461 e. The number of hydrogen-bond acceptors (Lipinski definition) is 3. The Labute approximate surface area is 235 Å². The van der Waals surface area contributed by atoms with Gasteiger partial charge in [-0.05, 0) is 85.9 Å². The molecular weight excluding hydrogens is 468 g/mol. The third-order valence-corrected chi connectivity index (χ3v) is 12.1. The maximum Gasteiger partial charge on any atom is 0.306 e. The van der Waals surface area contributed by atoms with Gasteiger partial charge in [-0.15, -0.1) is 0 Å². The molecule has 4 rings (SSSR count). The number of carbonyl (C=O) groups is 1. The maximum atomic E-state index is 13.0. The van der Waals surface area contributed by atoms with Crippen molar-refractivity contribution in [3.63, 3.8) is 0 Å². The average molecular weight is 529 g/mol. The third kappa shape index (κ3) is 6.08. The SMILES string of the molecule is CCCCCCCC(=O)OC1C[C@@H](O)CC2=CC[C@H]3[C@@H]4CC[C@H]([C@H](C)CCCC(C)C)[C@@]4(C)CC[C@@H]3[C@]21C. The van der Waals surface area contributed by atoms with E-state index in [1.165, 1.54) is 69.8 Å². The van der Waals surface area contributed by atoms with Crippen LogP contribution in [-0.2, 0) is 9.53 Å². The summed E-state index contributed by atoms with van der Waals surface area (Å²) < 4.78 is 6.31. The Bertz CT molecular complexity index is 816. The molecule has 4 aliphatic carbocycles. The monoisotopic (exact) mass is 528 g/mol. The summed E-state index contributed by atoms with van der Waals surface area (Å²) in [5.74, 6) is 4.50.